The summed E-state index contributed by atoms with van der Waals surface area (Å²) in [5.41, 5.74) is 2.46. The van der Waals surface area contributed by atoms with Gasteiger partial charge in [0.1, 0.15) is 11.5 Å². The van der Waals surface area contributed by atoms with Gasteiger partial charge in [-0.25, -0.2) is 0 Å². The van der Waals surface area contributed by atoms with E-state index < -0.39 is 10.1 Å². The van der Waals surface area contributed by atoms with Gasteiger partial charge < -0.3 is 8.92 Å². The van der Waals surface area contributed by atoms with Crippen molar-refractivity contribution >= 4 is 10.1 Å². The maximum Gasteiger partial charge on any atom is 0.306 e. The Hall–Kier alpha value is -2.01. The lowest BCUT2D eigenvalue weighted by Gasteiger charge is -2.08. The Labute approximate surface area is 125 Å². The topological polar surface area (TPSA) is 52.6 Å². The van der Waals surface area contributed by atoms with Crippen LogP contribution in [-0.2, 0) is 16.5 Å². The minimum absolute atomic E-state index is 0.281. The highest BCUT2D eigenvalue weighted by Crippen LogP contribution is 2.19. The molecule has 0 saturated heterocycles. The molecule has 0 radical (unpaired) electrons. The van der Waals surface area contributed by atoms with Gasteiger partial charge in [-0.05, 0) is 36.8 Å². The first-order chi connectivity index (χ1) is 9.92. The highest BCUT2D eigenvalue weighted by molar-refractivity contribution is 7.86. The van der Waals surface area contributed by atoms with E-state index in [-0.39, 0.29) is 5.75 Å². The SMILES string of the molecule is Cc1ccc(CCOc2ccc(OS(C)(=O)=O)cc2)cc1. The molecule has 0 bridgehead atoms. The molecule has 5 heteroatoms. The number of aryl methyl sites for hydroxylation is 1. The van der Waals surface area contributed by atoms with Crippen LogP contribution in [0.15, 0.2) is 48.5 Å². The van der Waals surface area contributed by atoms with Crippen molar-refractivity contribution in [3.8, 4) is 11.5 Å². The van der Waals surface area contributed by atoms with Gasteiger partial charge in [0.15, 0.2) is 0 Å². The quantitative estimate of drug-likeness (QED) is 0.770. The first-order valence-corrected chi connectivity index (χ1v) is 8.42. The van der Waals surface area contributed by atoms with E-state index in [4.69, 9.17) is 8.92 Å². The van der Waals surface area contributed by atoms with Gasteiger partial charge in [0.2, 0.25) is 0 Å². The van der Waals surface area contributed by atoms with Crippen LogP contribution >= 0.6 is 0 Å². The lowest BCUT2D eigenvalue weighted by Crippen LogP contribution is -2.05. The van der Waals surface area contributed by atoms with Crippen molar-refractivity contribution in [3.63, 3.8) is 0 Å². The minimum Gasteiger partial charge on any atom is -0.493 e. The van der Waals surface area contributed by atoms with E-state index in [1.165, 1.54) is 11.1 Å². The second-order valence-electron chi connectivity index (χ2n) is 4.84. The predicted molar refractivity (Wildman–Crippen MR) is 82.3 cm³/mol. The predicted octanol–water partition coefficient (Wildman–Crippen LogP) is 2.95. The number of hydrogen-bond donors (Lipinski definition) is 0. The van der Waals surface area contributed by atoms with E-state index in [1.54, 1.807) is 24.3 Å². The van der Waals surface area contributed by atoms with Crippen LogP contribution in [0.3, 0.4) is 0 Å². The zero-order chi connectivity index (χ0) is 15.3. The Morgan fingerprint density at radius 2 is 1.48 bits per heavy atom. The number of hydrogen-bond acceptors (Lipinski definition) is 4. The third kappa shape index (κ3) is 5.47. The summed E-state index contributed by atoms with van der Waals surface area (Å²) < 4.78 is 32.3. The third-order valence-corrected chi connectivity index (χ3v) is 3.35. The summed E-state index contributed by atoms with van der Waals surface area (Å²) in [5.74, 6) is 0.964. The Morgan fingerprint density at radius 1 is 0.905 bits per heavy atom. The summed E-state index contributed by atoms with van der Waals surface area (Å²) in [7, 11) is -3.49. The van der Waals surface area contributed by atoms with Gasteiger partial charge >= 0.3 is 10.1 Å². The molecule has 0 heterocycles. The molecule has 0 fully saturated rings. The molecule has 0 aliphatic carbocycles. The lowest BCUT2D eigenvalue weighted by atomic mass is 10.1. The van der Waals surface area contributed by atoms with E-state index in [0.717, 1.165) is 12.7 Å². The van der Waals surface area contributed by atoms with Crippen LogP contribution in [0.25, 0.3) is 0 Å². The Kier molecular flexibility index (Phi) is 4.85. The zero-order valence-electron chi connectivity index (χ0n) is 12.1. The van der Waals surface area contributed by atoms with Gasteiger partial charge in [-0.1, -0.05) is 29.8 Å². The third-order valence-electron chi connectivity index (χ3n) is 2.85. The molecule has 0 atom stereocenters. The molecule has 21 heavy (non-hydrogen) atoms. The second-order valence-corrected chi connectivity index (χ2v) is 6.42. The smallest absolute Gasteiger partial charge is 0.306 e. The van der Waals surface area contributed by atoms with Crippen molar-refractivity contribution in [2.45, 2.75) is 13.3 Å². The van der Waals surface area contributed by atoms with Crippen molar-refractivity contribution in [1.82, 2.24) is 0 Å². The molecular weight excluding hydrogens is 288 g/mol. The van der Waals surface area contributed by atoms with Crippen molar-refractivity contribution in [3.05, 3.63) is 59.7 Å². The normalized spacial score (nSPS) is 11.1. The molecule has 0 saturated carbocycles. The summed E-state index contributed by atoms with van der Waals surface area (Å²) in [5, 5.41) is 0. The molecule has 0 amide bonds. The number of rotatable bonds is 6. The highest BCUT2D eigenvalue weighted by Gasteiger charge is 2.04. The van der Waals surface area contributed by atoms with Crippen LogP contribution in [0, 0.1) is 6.92 Å². The van der Waals surface area contributed by atoms with Gasteiger partial charge in [0.25, 0.3) is 0 Å². The number of benzene rings is 2. The monoisotopic (exact) mass is 306 g/mol. The Bertz CT molecular complexity index is 673. The second kappa shape index (κ2) is 6.63. The van der Waals surface area contributed by atoms with Crippen LogP contribution in [0.2, 0.25) is 0 Å². The molecular formula is C16H18O4S. The van der Waals surface area contributed by atoms with Crippen LogP contribution < -0.4 is 8.92 Å². The molecule has 4 nitrogen and oxygen atoms in total. The van der Waals surface area contributed by atoms with E-state index in [9.17, 15) is 8.42 Å². The summed E-state index contributed by atoms with van der Waals surface area (Å²) in [6, 6.07) is 14.8. The van der Waals surface area contributed by atoms with Crippen molar-refractivity contribution in [2.75, 3.05) is 12.9 Å². The Balaban J connectivity index is 1.85. The highest BCUT2D eigenvalue weighted by atomic mass is 32.2. The van der Waals surface area contributed by atoms with Gasteiger partial charge in [0.05, 0.1) is 12.9 Å². The first-order valence-electron chi connectivity index (χ1n) is 6.60. The van der Waals surface area contributed by atoms with E-state index in [1.807, 2.05) is 0 Å². The molecule has 2 rings (SSSR count). The van der Waals surface area contributed by atoms with Gasteiger partial charge in [0, 0.05) is 6.42 Å². The fourth-order valence-electron chi connectivity index (χ4n) is 1.81. The first kappa shape index (κ1) is 15.4. The van der Waals surface area contributed by atoms with Crippen LogP contribution in [-0.4, -0.2) is 21.3 Å². The summed E-state index contributed by atoms with van der Waals surface area (Å²) in [4.78, 5) is 0. The average molecular weight is 306 g/mol. The van der Waals surface area contributed by atoms with Crippen LogP contribution in [0.4, 0.5) is 0 Å². The van der Waals surface area contributed by atoms with E-state index >= 15 is 0 Å². The summed E-state index contributed by atoms with van der Waals surface area (Å²) in [6.45, 7) is 2.62. The summed E-state index contributed by atoms with van der Waals surface area (Å²) in [6.07, 6.45) is 1.83. The maximum absolute atomic E-state index is 11.0. The van der Waals surface area contributed by atoms with Crippen molar-refractivity contribution in [2.24, 2.45) is 0 Å². The molecule has 2 aromatic carbocycles. The van der Waals surface area contributed by atoms with Gasteiger partial charge in [-0.15, -0.1) is 0 Å². The summed E-state index contributed by atoms with van der Waals surface area (Å²) >= 11 is 0. The maximum atomic E-state index is 11.0. The molecule has 0 aromatic heterocycles. The molecule has 0 aliphatic heterocycles. The van der Waals surface area contributed by atoms with Gasteiger partial charge in [-0.3, -0.25) is 0 Å². The molecule has 0 unspecified atom stereocenters. The zero-order valence-corrected chi connectivity index (χ0v) is 12.9. The molecule has 112 valence electrons. The standard InChI is InChI=1S/C16H18O4S/c1-13-3-5-14(6-4-13)11-12-19-15-7-9-16(10-8-15)20-21(2,17)18/h3-10H,11-12H2,1-2H3. The van der Waals surface area contributed by atoms with Crippen LogP contribution in [0.5, 0.6) is 11.5 Å². The van der Waals surface area contributed by atoms with E-state index in [0.29, 0.717) is 12.4 Å². The Morgan fingerprint density at radius 3 is 2.05 bits per heavy atom. The fourth-order valence-corrected chi connectivity index (χ4v) is 2.27. The lowest BCUT2D eigenvalue weighted by molar-refractivity contribution is 0.321. The molecule has 0 aliphatic rings. The number of ether oxygens (including phenoxy) is 1. The molecule has 0 N–H and O–H groups in total. The van der Waals surface area contributed by atoms with Crippen LogP contribution in [0.1, 0.15) is 11.1 Å². The minimum atomic E-state index is -3.49. The molecule has 0 spiro atoms. The molecule has 2 aromatic rings. The van der Waals surface area contributed by atoms with Crippen molar-refractivity contribution in [1.29, 1.82) is 0 Å². The van der Waals surface area contributed by atoms with Crippen molar-refractivity contribution < 1.29 is 17.3 Å². The average Bonchev–Trinajstić information content (AvgIpc) is 2.41. The fraction of sp³-hybridized carbons (Fsp3) is 0.250. The largest absolute Gasteiger partial charge is 0.493 e. The van der Waals surface area contributed by atoms with E-state index in [2.05, 4.69) is 31.2 Å². The van der Waals surface area contributed by atoms with Gasteiger partial charge in [-0.2, -0.15) is 8.42 Å².